The number of nitrogens with zero attached hydrogens (tertiary/aromatic N) is 4. The van der Waals surface area contributed by atoms with Gasteiger partial charge < -0.3 is 9.47 Å². The van der Waals surface area contributed by atoms with Gasteiger partial charge in [0.1, 0.15) is 5.82 Å². The summed E-state index contributed by atoms with van der Waals surface area (Å²) in [6.07, 6.45) is 3.77. The highest BCUT2D eigenvalue weighted by atomic mass is 16.2. The lowest BCUT2D eigenvalue weighted by atomic mass is 10.2. The van der Waals surface area contributed by atoms with Crippen LogP contribution in [0.25, 0.3) is 5.82 Å². The number of pyridine rings is 1. The Morgan fingerprint density at radius 1 is 1.24 bits per heavy atom. The molecule has 2 heterocycles. The molecule has 0 radical (unpaired) electrons. The third kappa shape index (κ3) is 3.49. The van der Waals surface area contributed by atoms with Crippen molar-refractivity contribution < 1.29 is 4.79 Å². The summed E-state index contributed by atoms with van der Waals surface area (Å²) in [5.74, 6) is 0.992. The summed E-state index contributed by atoms with van der Waals surface area (Å²) in [6.45, 7) is 2.61. The number of carbonyl (C=O) groups is 1. The van der Waals surface area contributed by atoms with Crippen LogP contribution in [0, 0.1) is 0 Å². The molecule has 0 aliphatic rings. The van der Waals surface area contributed by atoms with Crippen molar-refractivity contribution in [1.29, 1.82) is 0 Å². The second-order valence-corrected chi connectivity index (χ2v) is 5.38. The third-order valence-corrected chi connectivity index (χ3v) is 3.60. The molecule has 0 saturated carbocycles. The molecule has 0 aliphatic carbocycles. The van der Waals surface area contributed by atoms with E-state index in [0.717, 1.165) is 11.5 Å². The summed E-state index contributed by atoms with van der Waals surface area (Å²) in [6, 6.07) is 9.73. The maximum absolute atomic E-state index is 12.0. The van der Waals surface area contributed by atoms with Gasteiger partial charge in [-0.25, -0.2) is 4.98 Å². The van der Waals surface area contributed by atoms with E-state index < -0.39 is 0 Å². The van der Waals surface area contributed by atoms with Gasteiger partial charge in [-0.15, -0.1) is 0 Å². The van der Waals surface area contributed by atoms with Crippen LogP contribution in [0.1, 0.15) is 12.6 Å². The van der Waals surface area contributed by atoms with E-state index in [1.165, 1.54) is 0 Å². The normalized spacial score (nSPS) is 12.4. The summed E-state index contributed by atoms with van der Waals surface area (Å²) >= 11 is 0. The Hall–Kier alpha value is -2.14. The number of hydrogen-bond acceptors (Lipinski definition) is 3. The summed E-state index contributed by atoms with van der Waals surface area (Å²) < 4.78 is 2.04. The molecule has 2 rings (SSSR count). The van der Waals surface area contributed by atoms with Crippen LogP contribution in [-0.4, -0.2) is 52.4 Å². The molecule has 0 N–H and O–H groups in total. The maximum atomic E-state index is 12.0. The molecule has 2 aromatic heterocycles. The Labute approximate surface area is 125 Å². The SMILES string of the molecule is C[C@@H](C(=O)N(C)C)N(C)Cc1cccn1-c1ccccn1. The predicted molar refractivity (Wildman–Crippen MR) is 83.2 cm³/mol. The topological polar surface area (TPSA) is 41.4 Å². The first-order valence-corrected chi connectivity index (χ1v) is 6.99. The summed E-state index contributed by atoms with van der Waals surface area (Å²) in [5.41, 5.74) is 1.11. The van der Waals surface area contributed by atoms with Crippen LogP contribution in [0.4, 0.5) is 0 Å². The van der Waals surface area contributed by atoms with Crippen molar-refractivity contribution in [2.24, 2.45) is 0 Å². The molecule has 1 atom stereocenters. The lowest BCUT2D eigenvalue weighted by Crippen LogP contribution is -2.42. The molecule has 0 saturated heterocycles. The minimum atomic E-state index is -0.160. The molecule has 0 aliphatic heterocycles. The fourth-order valence-electron chi connectivity index (χ4n) is 2.22. The van der Waals surface area contributed by atoms with Gasteiger partial charge in [0.05, 0.1) is 6.04 Å². The first-order chi connectivity index (χ1) is 10.0. The van der Waals surface area contributed by atoms with E-state index >= 15 is 0 Å². The van der Waals surface area contributed by atoms with E-state index in [-0.39, 0.29) is 11.9 Å². The Morgan fingerprint density at radius 2 is 2.00 bits per heavy atom. The molecule has 0 fully saturated rings. The van der Waals surface area contributed by atoms with Crippen LogP contribution in [0.2, 0.25) is 0 Å². The van der Waals surface area contributed by atoms with Crippen LogP contribution in [0.3, 0.4) is 0 Å². The van der Waals surface area contributed by atoms with Gasteiger partial charge in [0.15, 0.2) is 0 Å². The second kappa shape index (κ2) is 6.54. The molecule has 21 heavy (non-hydrogen) atoms. The molecule has 5 heteroatoms. The Morgan fingerprint density at radius 3 is 2.62 bits per heavy atom. The first kappa shape index (κ1) is 15.3. The van der Waals surface area contributed by atoms with Crippen molar-refractivity contribution in [3.8, 4) is 5.82 Å². The van der Waals surface area contributed by atoms with E-state index in [1.807, 2.05) is 53.9 Å². The monoisotopic (exact) mass is 286 g/mol. The molecule has 1 amide bonds. The zero-order chi connectivity index (χ0) is 15.4. The van der Waals surface area contributed by atoms with Crippen molar-refractivity contribution in [3.63, 3.8) is 0 Å². The number of amides is 1. The summed E-state index contributed by atoms with van der Waals surface area (Å²) in [4.78, 5) is 20.1. The Kier molecular flexibility index (Phi) is 4.75. The van der Waals surface area contributed by atoms with Crippen molar-refractivity contribution >= 4 is 5.91 Å². The van der Waals surface area contributed by atoms with E-state index in [9.17, 15) is 4.79 Å². The van der Waals surface area contributed by atoms with Crippen LogP contribution >= 0.6 is 0 Å². The van der Waals surface area contributed by atoms with Crippen molar-refractivity contribution in [2.75, 3.05) is 21.1 Å². The van der Waals surface area contributed by atoms with Gasteiger partial charge in [-0.3, -0.25) is 9.69 Å². The minimum Gasteiger partial charge on any atom is -0.347 e. The average Bonchev–Trinajstić information content (AvgIpc) is 2.94. The van der Waals surface area contributed by atoms with Gasteiger partial charge in [0, 0.05) is 38.7 Å². The third-order valence-electron chi connectivity index (χ3n) is 3.60. The van der Waals surface area contributed by atoms with Crippen LogP contribution in [0.5, 0.6) is 0 Å². The number of hydrogen-bond donors (Lipinski definition) is 0. The van der Waals surface area contributed by atoms with Gasteiger partial charge in [0.2, 0.25) is 5.91 Å². The van der Waals surface area contributed by atoms with E-state index in [0.29, 0.717) is 6.54 Å². The van der Waals surface area contributed by atoms with Crippen molar-refractivity contribution in [2.45, 2.75) is 19.5 Å². The highest BCUT2D eigenvalue weighted by molar-refractivity contribution is 5.80. The van der Waals surface area contributed by atoms with Crippen LogP contribution in [-0.2, 0) is 11.3 Å². The summed E-state index contributed by atoms with van der Waals surface area (Å²) in [7, 11) is 5.52. The standard InChI is InChI=1S/C16H22N4O/c1-13(16(21)18(2)3)19(4)12-14-8-7-11-20(14)15-9-5-6-10-17-15/h5-11,13H,12H2,1-4H3/t13-/m0/s1. The number of rotatable bonds is 5. The van der Waals surface area contributed by atoms with Gasteiger partial charge in [-0.2, -0.15) is 0 Å². The quantitative estimate of drug-likeness (QED) is 0.841. The van der Waals surface area contributed by atoms with E-state index in [2.05, 4.69) is 11.1 Å². The lowest BCUT2D eigenvalue weighted by molar-refractivity contribution is -0.133. The predicted octanol–water partition coefficient (Wildman–Crippen LogP) is 1.78. The first-order valence-electron chi connectivity index (χ1n) is 6.99. The van der Waals surface area contributed by atoms with Crippen LogP contribution < -0.4 is 0 Å². The fraction of sp³-hybridized carbons (Fsp3) is 0.375. The Balaban J connectivity index is 2.14. The van der Waals surface area contributed by atoms with Crippen molar-refractivity contribution in [1.82, 2.24) is 19.4 Å². The highest BCUT2D eigenvalue weighted by Gasteiger charge is 2.20. The molecular weight excluding hydrogens is 264 g/mol. The molecule has 0 bridgehead atoms. The molecule has 5 nitrogen and oxygen atoms in total. The molecule has 112 valence electrons. The van der Waals surface area contributed by atoms with Gasteiger partial charge >= 0.3 is 0 Å². The number of likely N-dealkylation sites (N-methyl/N-ethyl adjacent to an activating group) is 2. The lowest BCUT2D eigenvalue weighted by Gasteiger charge is -2.26. The second-order valence-electron chi connectivity index (χ2n) is 5.38. The van der Waals surface area contributed by atoms with Gasteiger partial charge in [-0.1, -0.05) is 6.07 Å². The zero-order valence-corrected chi connectivity index (χ0v) is 13.0. The van der Waals surface area contributed by atoms with E-state index in [1.54, 1.807) is 25.2 Å². The average molecular weight is 286 g/mol. The highest BCUT2D eigenvalue weighted by Crippen LogP contribution is 2.13. The van der Waals surface area contributed by atoms with E-state index in [4.69, 9.17) is 0 Å². The van der Waals surface area contributed by atoms with Gasteiger partial charge in [-0.05, 0) is 38.2 Å². The van der Waals surface area contributed by atoms with Crippen molar-refractivity contribution in [3.05, 3.63) is 48.4 Å². The molecule has 0 aromatic carbocycles. The maximum Gasteiger partial charge on any atom is 0.239 e. The van der Waals surface area contributed by atoms with Gasteiger partial charge in [0.25, 0.3) is 0 Å². The largest absolute Gasteiger partial charge is 0.347 e. The smallest absolute Gasteiger partial charge is 0.239 e. The minimum absolute atomic E-state index is 0.105. The molecule has 0 spiro atoms. The number of aromatic nitrogens is 2. The Bertz CT molecular complexity index is 591. The summed E-state index contributed by atoms with van der Waals surface area (Å²) in [5, 5.41) is 0. The number of carbonyl (C=O) groups excluding carboxylic acids is 1. The molecular formula is C16H22N4O. The van der Waals surface area contributed by atoms with Crippen LogP contribution in [0.15, 0.2) is 42.7 Å². The molecule has 0 unspecified atom stereocenters. The zero-order valence-electron chi connectivity index (χ0n) is 13.0. The molecule has 2 aromatic rings. The fourth-order valence-corrected chi connectivity index (χ4v) is 2.22.